The Hall–Kier alpha value is -4.31. The molecule has 33 heavy (non-hydrogen) atoms. The molecule has 2 amide bonds. The number of pyridine rings is 1. The van der Waals surface area contributed by atoms with E-state index in [0.717, 1.165) is 26.2 Å². The lowest BCUT2D eigenvalue weighted by Crippen LogP contribution is -2.14. The Bertz CT molecular complexity index is 1560. The molecule has 0 saturated heterocycles. The third-order valence-corrected chi connectivity index (χ3v) is 6.43. The molecular formula is C23H19N7O2S. The van der Waals surface area contributed by atoms with E-state index < -0.39 is 0 Å². The minimum atomic E-state index is -0.356. The van der Waals surface area contributed by atoms with E-state index in [4.69, 9.17) is 0 Å². The van der Waals surface area contributed by atoms with Crippen LogP contribution in [0.25, 0.3) is 26.2 Å². The van der Waals surface area contributed by atoms with Gasteiger partial charge in [-0.05, 0) is 25.1 Å². The van der Waals surface area contributed by atoms with Crippen LogP contribution in [-0.4, -0.2) is 36.2 Å². The second-order valence-corrected chi connectivity index (χ2v) is 8.45. The summed E-state index contributed by atoms with van der Waals surface area (Å²) in [4.78, 5) is 30.6. The van der Waals surface area contributed by atoms with Crippen LogP contribution >= 0.6 is 11.3 Å². The van der Waals surface area contributed by atoms with Gasteiger partial charge in [0.25, 0.3) is 5.91 Å². The van der Waals surface area contributed by atoms with E-state index in [2.05, 4.69) is 32.4 Å². The molecule has 0 unspecified atom stereocenters. The highest BCUT2D eigenvalue weighted by Gasteiger charge is 2.19. The molecule has 0 bridgehead atoms. The molecule has 4 heterocycles. The summed E-state index contributed by atoms with van der Waals surface area (Å²) in [6.45, 7) is 5.21. The molecule has 0 saturated carbocycles. The molecule has 0 aliphatic carbocycles. The van der Waals surface area contributed by atoms with Crippen LogP contribution in [0.15, 0.2) is 61.7 Å². The lowest BCUT2D eigenvalue weighted by molar-refractivity contribution is -0.111. The minimum absolute atomic E-state index is 0.310. The third kappa shape index (κ3) is 3.66. The standard InChI is InChI=1S/C23H19N7O2S/c1-4-21(31)27-14-8-18(13(2)24-9-14)28-22(32)17-11-26-30-12-20(33-23(17)30)15-6-5-7-19-16(15)10-25-29(19)3/h4-12H,1H2,2-3H3,(H,27,31)(H,28,32). The predicted molar refractivity (Wildman–Crippen MR) is 129 cm³/mol. The molecule has 0 atom stereocenters. The van der Waals surface area contributed by atoms with Crippen LogP contribution in [0.2, 0.25) is 0 Å². The van der Waals surface area contributed by atoms with Crippen LogP contribution in [-0.2, 0) is 11.8 Å². The number of carbonyl (C=O) groups excluding carboxylic acids is 2. The number of amides is 2. The molecule has 2 N–H and O–H groups in total. The van der Waals surface area contributed by atoms with Crippen LogP contribution in [0.5, 0.6) is 0 Å². The molecule has 0 fully saturated rings. The Morgan fingerprint density at radius 3 is 2.82 bits per heavy atom. The highest BCUT2D eigenvalue weighted by Crippen LogP contribution is 2.35. The molecule has 4 aromatic heterocycles. The van der Waals surface area contributed by atoms with Crippen LogP contribution in [0.4, 0.5) is 11.4 Å². The first kappa shape index (κ1) is 20.6. The zero-order chi connectivity index (χ0) is 23.1. The third-order valence-electron chi connectivity index (χ3n) is 5.29. The fraction of sp³-hybridized carbons (Fsp3) is 0.0870. The molecule has 0 radical (unpaired) electrons. The Kier molecular flexibility index (Phi) is 4.98. The van der Waals surface area contributed by atoms with Gasteiger partial charge < -0.3 is 10.6 Å². The molecular weight excluding hydrogens is 438 g/mol. The minimum Gasteiger partial charge on any atom is -0.321 e. The van der Waals surface area contributed by atoms with Crippen molar-refractivity contribution >= 4 is 50.3 Å². The van der Waals surface area contributed by atoms with Crippen molar-refractivity contribution in [3.05, 3.63) is 73.0 Å². The molecule has 0 spiro atoms. The number of benzene rings is 1. The summed E-state index contributed by atoms with van der Waals surface area (Å²) in [5.41, 5.74) is 4.10. The van der Waals surface area contributed by atoms with Crippen LogP contribution in [0, 0.1) is 6.92 Å². The van der Waals surface area contributed by atoms with Gasteiger partial charge in [-0.3, -0.25) is 19.3 Å². The van der Waals surface area contributed by atoms with E-state index in [-0.39, 0.29) is 11.8 Å². The first-order valence-corrected chi connectivity index (χ1v) is 10.9. The average Bonchev–Trinajstić information content (AvgIpc) is 3.50. The van der Waals surface area contributed by atoms with Gasteiger partial charge in [-0.25, -0.2) is 4.52 Å². The maximum absolute atomic E-state index is 13.1. The number of nitrogens with one attached hydrogen (secondary N) is 2. The molecule has 5 rings (SSSR count). The lowest BCUT2D eigenvalue weighted by Gasteiger charge is -2.09. The predicted octanol–water partition coefficient (Wildman–Crippen LogP) is 4.03. The molecule has 10 heteroatoms. The van der Waals surface area contributed by atoms with Gasteiger partial charge in [0.1, 0.15) is 4.83 Å². The van der Waals surface area contributed by atoms with Gasteiger partial charge in [-0.15, -0.1) is 11.3 Å². The Labute approximate surface area is 192 Å². The Morgan fingerprint density at radius 1 is 1.15 bits per heavy atom. The summed E-state index contributed by atoms with van der Waals surface area (Å²) in [6.07, 6.45) is 7.99. The number of aryl methyl sites for hydroxylation is 2. The van der Waals surface area contributed by atoms with Gasteiger partial charge in [-0.2, -0.15) is 10.2 Å². The maximum atomic E-state index is 13.1. The normalized spacial score (nSPS) is 11.1. The van der Waals surface area contributed by atoms with Crippen molar-refractivity contribution < 1.29 is 9.59 Å². The quantitative estimate of drug-likeness (QED) is 0.388. The summed E-state index contributed by atoms with van der Waals surface area (Å²) in [5, 5.41) is 15.3. The second-order valence-electron chi connectivity index (χ2n) is 7.41. The van der Waals surface area contributed by atoms with Gasteiger partial charge in [0.05, 0.1) is 51.6 Å². The van der Waals surface area contributed by atoms with E-state index in [1.165, 1.54) is 23.6 Å². The number of hydrogen-bond donors (Lipinski definition) is 2. The zero-order valence-electron chi connectivity index (χ0n) is 17.9. The Morgan fingerprint density at radius 2 is 2.00 bits per heavy atom. The number of carbonyl (C=O) groups is 2. The first-order chi connectivity index (χ1) is 15.9. The van der Waals surface area contributed by atoms with E-state index in [1.54, 1.807) is 23.7 Å². The number of hydrogen-bond acceptors (Lipinski definition) is 6. The van der Waals surface area contributed by atoms with Crippen molar-refractivity contribution in [1.82, 2.24) is 24.4 Å². The topological polar surface area (TPSA) is 106 Å². The number of fused-ring (bicyclic) bond motifs is 2. The molecule has 9 nitrogen and oxygen atoms in total. The van der Waals surface area contributed by atoms with Crippen molar-refractivity contribution in [3.8, 4) is 10.4 Å². The van der Waals surface area contributed by atoms with Crippen molar-refractivity contribution in [2.24, 2.45) is 7.05 Å². The summed E-state index contributed by atoms with van der Waals surface area (Å²) >= 11 is 1.48. The maximum Gasteiger partial charge on any atom is 0.260 e. The van der Waals surface area contributed by atoms with Gasteiger partial charge in [-0.1, -0.05) is 18.7 Å². The van der Waals surface area contributed by atoms with E-state index in [0.29, 0.717) is 22.6 Å². The highest BCUT2D eigenvalue weighted by molar-refractivity contribution is 7.21. The van der Waals surface area contributed by atoms with E-state index >= 15 is 0 Å². The summed E-state index contributed by atoms with van der Waals surface area (Å²) in [6, 6.07) is 7.70. The van der Waals surface area contributed by atoms with Crippen LogP contribution in [0.1, 0.15) is 16.1 Å². The molecule has 164 valence electrons. The first-order valence-electron chi connectivity index (χ1n) is 10.0. The van der Waals surface area contributed by atoms with E-state index in [9.17, 15) is 9.59 Å². The number of aromatic nitrogens is 5. The van der Waals surface area contributed by atoms with Crippen LogP contribution in [0.3, 0.4) is 0 Å². The van der Waals surface area contributed by atoms with Crippen molar-refractivity contribution in [2.45, 2.75) is 6.92 Å². The number of thiazole rings is 1. The number of nitrogens with zero attached hydrogens (tertiary/aromatic N) is 5. The zero-order valence-corrected chi connectivity index (χ0v) is 18.7. The van der Waals surface area contributed by atoms with E-state index in [1.807, 2.05) is 42.3 Å². The average molecular weight is 458 g/mol. The van der Waals surface area contributed by atoms with Crippen molar-refractivity contribution in [1.29, 1.82) is 0 Å². The van der Waals surface area contributed by atoms with Gasteiger partial charge in [0.15, 0.2) is 0 Å². The highest BCUT2D eigenvalue weighted by atomic mass is 32.1. The molecule has 0 aliphatic heterocycles. The summed E-state index contributed by atoms with van der Waals surface area (Å²) < 4.78 is 3.54. The van der Waals surface area contributed by atoms with Gasteiger partial charge in [0, 0.05) is 24.2 Å². The molecule has 1 aromatic carbocycles. The summed E-state index contributed by atoms with van der Waals surface area (Å²) in [5.74, 6) is -0.666. The fourth-order valence-corrected chi connectivity index (χ4v) is 4.67. The smallest absolute Gasteiger partial charge is 0.260 e. The van der Waals surface area contributed by atoms with Crippen LogP contribution < -0.4 is 10.6 Å². The SMILES string of the molecule is C=CC(=O)Nc1cnc(C)c(NC(=O)c2cnn3cc(-c4cccc5c4cnn5C)sc23)c1. The number of rotatable bonds is 5. The Balaban J connectivity index is 1.47. The van der Waals surface area contributed by atoms with Crippen molar-refractivity contribution in [3.63, 3.8) is 0 Å². The lowest BCUT2D eigenvalue weighted by atomic mass is 10.1. The largest absolute Gasteiger partial charge is 0.321 e. The van der Waals surface area contributed by atoms with Crippen molar-refractivity contribution in [2.75, 3.05) is 10.6 Å². The fourth-order valence-electron chi connectivity index (χ4n) is 3.57. The summed E-state index contributed by atoms with van der Waals surface area (Å²) in [7, 11) is 1.91. The molecule has 0 aliphatic rings. The monoisotopic (exact) mass is 457 g/mol. The van der Waals surface area contributed by atoms with Gasteiger partial charge in [0.2, 0.25) is 5.91 Å². The van der Waals surface area contributed by atoms with Gasteiger partial charge >= 0.3 is 0 Å². The second kappa shape index (κ2) is 7.99. The number of anilines is 2. The molecule has 5 aromatic rings.